The molecule has 0 radical (unpaired) electrons. The van der Waals surface area contributed by atoms with Crippen molar-refractivity contribution in [2.45, 2.75) is 44.4 Å². The van der Waals surface area contributed by atoms with Crippen LogP contribution < -0.4 is 10.6 Å². The first kappa shape index (κ1) is 14.9. The maximum atomic E-state index is 4.68. The van der Waals surface area contributed by atoms with Gasteiger partial charge in [0, 0.05) is 17.8 Å². The Bertz CT molecular complexity index is 598. The minimum Gasteiger partial charge on any atom is -0.366 e. The van der Waals surface area contributed by atoms with Gasteiger partial charge in [0.15, 0.2) is 0 Å². The molecule has 114 valence electrons. The number of thiophene rings is 1. The fraction of sp³-hybridized carbons (Fsp3) is 0.600. The zero-order chi connectivity index (χ0) is 14.7. The van der Waals surface area contributed by atoms with E-state index in [4.69, 9.17) is 0 Å². The van der Waals surface area contributed by atoms with Gasteiger partial charge in [-0.25, -0.2) is 4.98 Å². The molecule has 2 unspecified atom stereocenters. The van der Waals surface area contributed by atoms with Gasteiger partial charge in [0.1, 0.15) is 10.6 Å². The molecule has 2 N–H and O–H groups in total. The molecule has 2 aromatic rings. The third-order valence-electron chi connectivity index (χ3n) is 3.82. The number of aromatic nitrogens is 2. The smallest absolute Gasteiger partial charge is 0.226 e. The Balaban J connectivity index is 1.86. The predicted octanol–water partition coefficient (Wildman–Crippen LogP) is 4.21. The lowest BCUT2D eigenvalue weighted by Gasteiger charge is -2.21. The Labute approximate surface area is 134 Å². The van der Waals surface area contributed by atoms with Gasteiger partial charge in [-0.3, -0.25) is 0 Å². The zero-order valence-corrected chi connectivity index (χ0v) is 14.2. The minimum atomic E-state index is 0.530. The van der Waals surface area contributed by atoms with Crippen molar-refractivity contribution in [2.75, 3.05) is 22.9 Å². The Morgan fingerprint density at radius 2 is 2.24 bits per heavy atom. The molecule has 2 atom stereocenters. The molecule has 0 amide bonds. The second-order valence-electron chi connectivity index (χ2n) is 5.24. The second kappa shape index (κ2) is 6.83. The molecule has 6 heteroatoms. The van der Waals surface area contributed by atoms with E-state index in [1.54, 1.807) is 11.3 Å². The molecule has 0 aromatic carbocycles. The van der Waals surface area contributed by atoms with Gasteiger partial charge in [-0.05, 0) is 37.0 Å². The first-order valence-corrected chi connectivity index (χ1v) is 9.62. The van der Waals surface area contributed by atoms with Crippen LogP contribution in [0.1, 0.15) is 33.1 Å². The molecule has 21 heavy (non-hydrogen) atoms. The molecule has 3 rings (SSSR count). The molecule has 1 aliphatic rings. The molecule has 0 bridgehead atoms. The van der Waals surface area contributed by atoms with E-state index in [2.05, 4.69) is 57.7 Å². The summed E-state index contributed by atoms with van der Waals surface area (Å²) in [6.07, 6.45) is 3.87. The van der Waals surface area contributed by atoms with E-state index < -0.39 is 0 Å². The third kappa shape index (κ3) is 3.26. The molecule has 2 heterocycles. The van der Waals surface area contributed by atoms with Crippen molar-refractivity contribution in [3.8, 4) is 0 Å². The largest absolute Gasteiger partial charge is 0.366 e. The van der Waals surface area contributed by atoms with Crippen molar-refractivity contribution in [1.82, 2.24) is 9.97 Å². The van der Waals surface area contributed by atoms with Gasteiger partial charge in [-0.15, -0.1) is 11.3 Å². The van der Waals surface area contributed by atoms with Crippen LogP contribution in [0.15, 0.2) is 11.4 Å². The maximum absolute atomic E-state index is 4.68. The number of rotatable bonds is 6. The van der Waals surface area contributed by atoms with E-state index in [1.165, 1.54) is 25.0 Å². The first-order chi connectivity index (χ1) is 10.3. The molecular formula is C15H22N4S2. The second-order valence-corrected chi connectivity index (χ2v) is 7.65. The predicted molar refractivity (Wildman–Crippen MR) is 94.8 cm³/mol. The lowest BCUT2D eigenvalue weighted by molar-refractivity contribution is 0.764. The van der Waals surface area contributed by atoms with Crippen molar-refractivity contribution in [1.29, 1.82) is 0 Å². The number of hydrogen-bond acceptors (Lipinski definition) is 6. The van der Waals surface area contributed by atoms with Crippen LogP contribution >= 0.6 is 23.1 Å². The third-order valence-corrected chi connectivity index (χ3v) is 5.95. The van der Waals surface area contributed by atoms with Crippen LogP contribution in [0.5, 0.6) is 0 Å². The average molecular weight is 323 g/mol. The number of nitrogens with zero attached hydrogens (tertiary/aromatic N) is 2. The number of thioether (sulfide) groups is 1. The molecule has 2 aromatic heterocycles. The van der Waals surface area contributed by atoms with Crippen LogP contribution in [-0.2, 0) is 0 Å². The summed E-state index contributed by atoms with van der Waals surface area (Å²) in [5.41, 5.74) is 0. The Morgan fingerprint density at radius 1 is 1.33 bits per heavy atom. The molecule has 1 aliphatic carbocycles. The summed E-state index contributed by atoms with van der Waals surface area (Å²) < 4.78 is 0. The quantitative estimate of drug-likeness (QED) is 0.834. The number of nitrogens with one attached hydrogen (secondary N) is 2. The van der Waals surface area contributed by atoms with Gasteiger partial charge < -0.3 is 10.6 Å². The molecule has 0 spiro atoms. The van der Waals surface area contributed by atoms with Crippen LogP contribution in [0.2, 0.25) is 0 Å². The highest BCUT2D eigenvalue weighted by Gasteiger charge is 2.28. The minimum absolute atomic E-state index is 0.530. The molecule has 4 nitrogen and oxygen atoms in total. The summed E-state index contributed by atoms with van der Waals surface area (Å²) >= 11 is 3.74. The zero-order valence-electron chi connectivity index (χ0n) is 12.6. The Morgan fingerprint density at radius 3 is 3.05 bits per heavy atom. The summed E-state index contributed by atoms with van der Waals surface area (Å²) in [4.78, 5) is 10.3. The van der Waals surface area contributed by atoms with Crippen LogP contribution in [0.4, 0.5) is 11.8 Å². The molecular weight excluding hydrogens is 300 g/mol. The lowest BCUT2D eigenvalue weighted by atomic mass is 10.2. The fourth-order valence-corrected chi connectivity index (χ4v) is 4.84. The summed E-state index contributed by atoms with van der Waals surface area (Å²) in [6.45, 7) is 5.15. The normalized spacial score (nSPS) is 21.8. The summed E-state index contributed by atoms with van der Waals surface area (Å²) in [5.74, 6) is 2.90. The molecule has 1 saturated carbocycles. The van der Waals surface area contributed by atoms with Crippen LogP contribution in [0.25, 0.3) is 10.2 Å². The van der Waals surface area contributed by atoms with Gasteiger partial charge >= 0.3 is 0 Å². The monoisotopic (exact) mass is 322 g/mol. The average Bonchev–Trinajstić information content (AvgIpc) is 3.09. The van der Waals surface area contributed by atoms with Crippen LogP contribution in [0, 0.1) is 0 Å². The van der Waals surface area contributed by atoms with Crippen LogP contribution in [-0.4, -0.2) is 33.6 Å². The number of hydrogen-bond donors (Lipinski definition) is 2. The Kier molecular flexibility index (Phi) is 4.85. The van der Waals surface area contributed by atoms with Crippen molar-refractivity contribution >= 4 is 45.1 Å². The van der Waals surface area contributed by atoms with E-state index in [1.807, 2.05) is 0 Å². The summed E-state index contributed by atoms with van der Waals surface area (Å²) in [7, 11) is 0. The highest BCUT2D eigenvalue weighted by molar-refractivity contribution is 7.99. The van der Waals surface area contributed by atoms with Gasteiger partial charge in [0.05, 0.1) is 5.39 Å². The number of anilines is 2. The first-order valence-electron chi connectivity index (χ1n) is 7.69. The van der Waals surface area contributed by atoms with E-state index in [-0.39, 0.29) is 0 Å². The van der Waals surface area contributed by atoms with Gasteiger partial charge in [0.2, 0.25) is 5.95 Å². The molecule has 0 aliphatic heterocycles. The van der Waals surface area contributed by atoms with E-state index in [9.17, 15) is 0 Å². The standard InChI is InChI=1S/C15H22N4S2/c1-3-16-15-18-13(10-8-9-21-14(10)19-15)17-11-6-5-7-12(11)20-4-2/h8-9,11-12H,3-7H2,1-2H3,(H2,16,17,18,19). The highest BCUT2D eigenvalue weighted by Crippen LogP contribution is 2.34. The molecule has 0 saturated heterocycles. The molecule has 1 fully saturated rings. The van der Waals surface area contributed by atoms with Crippen LogP contribution in [0.3, 0.4) is 0 Å². The van der Waals surface area contributed by atoms with Crippen molar-refractivity contribution < 1.29 is 0 Å². The Hall–Kier alpha value is -1.01. The summed E-state index contributed by atoms with van der Waals surface area (Å²) in [6, 6.07) is 2.65. The van der Waals surface area contributed by atoms with E-state index >= 15 is 0 Å². The fourth-order valence-electron chi connectivity index (χ4n) is 2.88. The highest BCUT2D eigenvalue weighted by atomic mass is 32.2. The summed E-state index contributed by atoms with van der Waals surface area (Å²) in [5, 5.41) is 10.9. The lowest BCUT2D eigenvalue weighted by Crippen LogP contribution is -2.27. The van der Waals surface area contributed by atoms with Crippen molar-refractivity contribution in [3.63, 3.8) is 0 Å². The van der Waals surface area contributed by atoms with E-state index in [0.717, 1.165) is 28.5 Å². The van der Waals surface area contributed by atoms with Gasteiger partial charge in [-0.2, -0.15) is 16.7 Å². The SMILES string of the molecule is CCNc1nc(NC2CCCC2SCC)c2ccsc2n1. The van der Waals surface area contributed by atoms with Crippen molar-refractivity contribution in [2.24, 2.45) is 0 Å². The van der Waals surface area contributed by atoms with Gasteiger partial charge in [0.25, 0.3) is 0 Å². The van der Waals surface area contributed by atoms with E-state index in [0.29, 0.717) is 11.3 Å². The maximum Gasteiger partial charge on any atom is 0.226 e. The van der Waals surface area contributed by atoms with Gasteiger partial charge in [-0.1, -0.05) is 13.3 Å². The number of fused-ring (bicyclic) bond motifs is 1. The topological polar surface area (TPSA) is 49.8 Å². The van der Waals surface area contributed by atoms with Crippen molar-refractivity contribution in [3.05, 3.63) is 11.4 Å².